The van der Waals surface area contributed by atoms with Gasteiger partial charge < -0.3 is 10.6 Å². The van der Waals surface area contributed by atoms with E-state index in [9.17, 15) is 4.79 Å². The first kappa shape index (κ1) is 11.9. The monoisotopic (exact) mass is 256 g/mol. The van der Waals surface area contributed by atoms with E-state index in [-0.39, 0.29) is 11.9 Å². The molecule has 1 fully saturated rings. The fourth-order valence-corrected chi connectivity index (χ4v) is 2.32. The molecule has 1 amide bonds. The standard InChI is InChI=1S/C14H16N4O/c19-14(13-5-2-7-15-13)17-11-4-1-3-10(9-11)12-6-8-16-18-12/h1,3-4,6,8-9,13,15H,2,5,7H2,(H,16,18)(H,17,19)/t13-/m0/s1. The fourth-order valence-electron chi connectivity index (χ4n) is 2.32. The average Bonchev–Trinajstić information content (AvgIpc) is 3.13. The Kier molecular flexibility index (Phi) is 3.29. The van der Waals surface area contributed by atoms with E-state index < -0.39 is 0 Å². The van der Waals surface area contributed by atoms with Gasteiger partial charge in [-0.05, 0) is 37.6 Å². The summed E-state index contributed by atoms with van der Waals surface area (Å²) in [4.78, 5) is 12.0. The van der Waals surface area contributed by atoms with Crippen LogP contribution >= 0.6 is 0 Å². The van der Waals surface area contributed by atoms with E-state index in [4.69, 9.17) is 0 Å². The Bertz CT molecular complexity index is 559. The van der Waals surface area contributed by atoms with Crippen molar-refractivity contribution >= 4 is 11.6 Å². The first-order chi connectivity index (χ1) is 9.33. The Hall–Kier alpha value is -2.14. The van der Waals surface area contributed by atoms with Gasteiger partial charge in [0.1, 0.15) is 0 Å². The summed E-state index contributed by atoms with van der Waals surface area (Å²) in [5.74, 6) is 0.0410. The van der Waals surface area contributed by atoms with Crippen molar-refractivity contribution in [2.45, 2.75) is 18.9 Å². The molecule has 0 radical (unpaired) electrons. The molecule has 2 aromatic rings. The normalized spacial score (nSPS) is 18.4. The number of hydrogen-bond donors (Lipinski definition) is 3. The number of aromatic nitrogens is 2. The third-order valence-corrected chi connectivity index (χ3v) is 3.32. The van der Waals surface area contributed by atoms with E-state index in [1.807, 2.05) is 30.3 Å². The number of nitrogens with zero attached hydrogens (tertiary/aromatic N) is 1. The molecule has 5 nitrogen and oxygen atoms in total. The molecule has 19 heavy (non-hydrogen) atoms. The molecule has 0 bridgehead atoms. The van der Waals surface area contributed by atoms with Crippen molar-refractivity contribution in [3.05, 3.63) is 36.5 Å². The lowest BCUT2D eigenvalue weighted by atomic mass is 10.1. The zero-order valence-corrected chi connectivity index (χ0v) is 10.5. The fraction of sp³-hybridized carbons (Fsp3) is 0.286. The van der Waals surface area contributed by atoms with Crippen LogP contribution in [-0.2, 0) is 4.79 Å². The highest BCUT2D eigenvalue weighted by Gasteiger charge is 2.21. The van der Waals surface area contributed by atoms with Crippen molar-refractivity contribution in [1.82, 2.24) is 15.5 Å². The predicted octanol–water partition coefficient (Wildman–Crippen LogP) is 1.77. The van der Waals surface area contributed by atoms with Gasteiger partial charge in [0.15, 0.2) is 0 Å². The molecule has 1 atom stereocenters. The van der Waals surface area contributed by atoms with E-state index in [0.717, 1.165) is 36.3 Å². The van der Waals surface area contributed by atoms with Crippen LogP contribution in [0.5, 0.6) is 0 Å². The van der Waals surface area contributed by atoms with Gasteiger partial charge in [-0.3, -0.25) is 9.89 Å². The van der Waals surface area contributed by atoms with Crippen LogP contribution in [-0.4, -0.2) is 28.7 Å². The van der Waals surface area contributed by atoms with Gasteiger partial charge in [-0.2, -0.15) is 5.10 Å². The number of carbonyl (C=O) groups excluding carboxylic acids is 1. The minimum absolute atomic E-state index is 0.0410. The van der Waals surface area contributed by atoms with Crippen molar-refractivity contribution < 1.29 is 4.79 Å². The van der Waals surface area contributed by atoms with Crippen molar-refractivity contribution in [2.24, 2.45) is 0 Å². The van der Waals surface area contributed by atoms with Gasteiger partial charge in [-0.25, -0.2) is 0 Å². The van der Waals surface area contributed by atoms with Crippen LogP contribution < -0.4 is 10.6 Å². The highest BCUT2D eigenvalue weighted by Crippen LogP contribution is 2.20. The quantitative estimate of drug-likeness (QED) is 0.783. The second kappa shape index (κ2) is 5.24. The van der Waals surface area contributed by atoms with Crippen LogP contribution in [0.15, 0.2) is 36.5 Å². The molecule has 1 saturated heterocycles. The lowest BCUT2D eigenvalue weighted by molar-refractivity contribution is -0.117. The molecule has 1 aromatic heterocycles. The van der Waals surface area contributed by atoms with Crippen molar-refractivity contribution in [1.29, 1.82) is 0 Å². The zero-order chi connectivity index (χ0) is 13.1. The molecule has 1 aliphatic rings. The second-order valence-electron chi connectivity index (χ2n) is 4.69. The summed E-state index contributed by atoms with van der Waals surface area (Å²) in [5, 5.41) is 13.0. The second-order valence-corrected chi connectivity index (χ2v) is 4.69. The van der Waals surface area contributed by atoms with Gasteiger partial charge in [0, 0.05) is 17.4 Å². The maximum Gasteiger partial charge on any atom is 0.241 e. The molecule has 98 valence electrons. The largest absolute Gasteiger partial charge is 0.325 e. The van der Waals surface area contributed by atoms with Gasteiger partial charge in [-0.15, -0.1) is 0 Å². The summed E-state index contributed by atoms with van der Waals surface area (Å²) in [7, 11) is 0. The van der Waals surface area contributed by atoms with E-state index in [1.54, 1.807) is 6.20 Å². The minimum atomic E-state index is -0.0594. The predicted molar refractivity (Wildman–Crippen MR) is 73.7 cm³/mol. The molecule has 0 saturated carbocycles. The Morgan fingerprint density at radius 3 is 3.05 bits per heavy atom. The summed E-state index contributed by atoms with van der Waals surface area (Å²) in [6, 6.07) is 9.59. The van der Waals surface area contributed by atoms with Crippen molar-refractivity contribution in [2.75, 3.05) is 11.9 Å². The Balaban J connectivity index is 1.74. The minimum Gasteiger partial charge on any atom is -0.325 e. The lowest BCUT2D eigenvalue weighted by Gasteiger charge is -2.11. The molecule has 0 aliphatic carbocycles. The lowest BCUT2D eigenvalue weighted by Crippen LogP contribution is -2.35. The number of anilines is 1. The topological polar surface area (TPSA) is 69.8 Å². The van der Waals surface area contributed by atoms with Gasteiger partial charge >= 0.3 is 0 Å². The van der Waals surface area contributed by atoms with Crippen molar-refractivity contribution in [3.63, 3.8) is 0 Å². The van der Waals surface area contributed by atoms with E-state index in [2.05, 4.69) is 20.8 Å². The summed E-state index contributed by atoms with van der Waals surface area (Å²) in [5.41, 5.74) is 2.76. The maximum absolute atomic E-state index is 12.0. The number of hydrogen-bond acceptors (Lipinski definition) is 3. The van der Waals surface area contributed by atoms with Gasteiger partial charge in [-0.1, -0.05) is 12.1 Å². The highest BCUT2D eigenvalue weighted by molar-refractivity contribution is 5.95. The van der Waals surface area contributed by atoms with Crippen LogP contribution in [0, 0.1) is 0 Å². The van der Waals surface area contributed by atoms with Crippen LogP contribution in [0.2, 0.25) is 0 Å². The van der Waals surface area contributed by atoms with E-state index >= 15 is 0 Å². The molecule has 3 N–H and O–H groups in total. The molecule has 1 aromatic carbocycles. The molecule has 3 rings (SSSR count). The first-order valence-corrected chi connectivity index (χ1v) is 6.47. The number of aromatic amines is 1. The molecular formula is C14H16N4O. The van der Waals surface area contributed by atoms with Crippen LogP contribution in [0.3, 0.4) is 0 Å². The van der Waals surface area contributed by atoms with Gasteiger partial charge in [0.25, 0.3) is 0 Å². The number of carbonyl (C=O) groups is 1. The van der Waals surface area contributed by atoms with Crippen LogP contribution in [0.4, 0.5) is 5.69 Å². The summed E-state index contributed by atoms with van der Waals surface area (Å²) in [6.45, 7) is 0.923. The Labute approximate surface area is 111 Å². The van der Waals surface area contributed by atoms with Gasteiger partial charge in [0.2, 0.25) is 5.91 Å². The number of rotatable bonds is 3. The molecule has 0 spiro atoms. The smallest absolute Gasteiger partial charge is 0.241 e. The van der Waals surface area contributed by atoms with Crippen molar-refractivity contribution in [3.8, 4) is 11.3 Å². The van der Waals surface area contributed by atoms with Crippen LogP contribution in [0.25, 0.3) is 11.3 Å². The first-order valence-electron chi connectivity index (χ1n) is 6.47. The molecule has 1 aliphatic heterocycles. The van der Waals surface area contributed by atoms with E-state index in [1.165, 1.54) is 0 Å². The SMILES string of the molecule is O=C(Nc1cccc(-c2ccn[nH]2)c1)[C@@H]1CCCN1. The van der Waals surface area contributed by atoms with Crippen LogP contribution in [0.1, 0.15) is 12.8 Å². The Morgan fingerprint density at radius 1 is 1.37 bits per heavy atom. The third kappa shape index (κ3) is 2.66. The maximum atomic E-state index is 12.0. The summed E-state index contributed by atoms with van der Waals surface area (Å²) < 4.78 is 0. The summed E-state index contributed by atoms with van der Waals surface area (Å²) >= 11 is 0. The molecular weight excluding hydrogens is 240 g/mol. The summed E-state index contributed by atoms with van der Waals surface area (Å²) in [6.07, 6.45) is 3.68. The van der Waals surface area contributed by atoms with Gasteiger partial charge in [0.05, 0.1) is 11.7 Å². The molecule has 0 unspecified atom stereocenters. The number of nitrogens with one attached hydrogen (secondary N) is 3. The highest BCUT2D eigenvalue weighted by atomic mass is 16.2. The average molecular weight is 256 g/mol. The molecule has 5 heteroatoms. The Morgan fingerprint density at radius 2 is 2.32 bits per heavy atom. The number of amides is 1. The number of benzene rings is 1. The molecule has 2 heterocycles. The zero-order valence-electron chi connectivity index (χ0n) is 10.5. The number of H-pyrrole nitrogens is 1. The third-order valence-electron chi connectivity index (χ3n) is 3.32. The van der Waals surface area contributed by atoms with E-state index in [0.29, 0.717) is 0 Å².